The van der Waals surface area contributed by atoms with Gasteiger partial charge in [-0.25, -0.2) is 4.98 Å². The third-order valence-corrected chi connectivity index (χ3v) is 2.47. The summed E-state index contributed by atoms with van der Waals surface area (Å²) >= 11 is 0. The lowest BCUT2D eigenvalue weighted by Crippen LogP contribution is -1.95. The Balaban J connectivity index is 1.96. The van der Waals surface area contributed by atoms with Crippen LogP contribution in [0.3, 0.4) is 0 Å². The monoisotopic (exact) mass is 272 g/mol. The highest BCUT2D eigenvalue weighted by Crippen LogP contribution is 2.12. The summed E-state index contributed by atoms with van der Waals surface area (Å²) in [5.41, 5.74) is 3.52. The van der Waals surface area contributed by atoms with Crippen LogP contribution in [-0.4, -0.2) is 23.2 Å². The molecule has 7 heteroatoms. The minimum absolute atomic E-state index is 0.0605. The Morgan fingerprint density at radius 2 is 2.05 bits per heavy atom. The van der Waals surface area contributed by atoms with E-state index in [0.29, 0.717) is 5.82 Å². The van der Waals surface area contributed by atoms with Crippen molar-refractivity contribution in [2.24, 2.45) is 5.10 Å². The molecule has 1 N–H and O–H groups in total. The van der Waals surface area contributed by atoms with Crippen molar-refractivity contribution in [3.05, 3.63) is 58.3 Å². The molecule has 1 aromatic heterocycles. The number of aromatic nitrogens is 1. The predicted octanol–water partition coefficient (Wildman–Crippen LogP) is 2.44. The fraction of sp³-hybridized carbons (Fsp3) is 0.0769. The first kappa shape index (κ1) is 13.5. The van der Waals surface area contributed by atoms with Crippen molar-refractivity contribution in [3.8, 4) is 5.75 Å². The zero-order valence-corrected chi connectivity index (χ0v) is 10.7. The van der Waals surface area contributed by atoms with Gasteiger partial charge in [-0.15, -0.1) is 0 Å². The van der Waals surface area contributed by atoms with Crippen molar-refractivity contribution in [2.45, 2.75) is 0 Å². The number of ether oxygens (including phenoxy) is 1. The summed E-state index contributed by atoms with van der Waals surface area (Å²) in [7, 11) is 1.60. The first-order valence-electron chi connectivity index (χ1n) is 5.72. The number of anilines is 1. The van der Waals surface area contributed by atoms with Crippen LogP contribution in [0.2, 0.25) is 0 Å². The molecule has 0 unspecified atom stereocenters. The van der Waals surface area contributed by atoms with E-state index in [0.717, 1.165) is 11.3 Å². The minimum atomic E-state index is -0.503. The highest BCUT2D eigenvalue weighted by atomic mass is 16.6. The maximum Gasteiger partial charge on any atom is 0.287 e. The van der Waals surface area contributed by atoms with Gasteiger partial charge < -0.3 is 4.74 Å². The highest BCUT2D eigenvalue weighted by Gasteiger charge is 2.04. The van der Waals surface area contributed by atoms with E-state index in [1.807, 2.05) is 24.3 Å². The van der Waals surface area contributed by atoms with Gasteiger partial charge in [0.1, 0.15) is 17.8 Å². The molecule has 0 saturated heterocycles. The largest absolute Gasteiger partial charge is 0.497 e. The van der Waals surface area contributed by atoms with Crippen LogP contribution in [0.25, 0.3) is 0 Å². The minimum Gasteiger partial charge on any atom is -0.497 e. The van der Waals surface area contributed by atoms with Crippen LogP contribution in [0.5, 0.6) is 5.75 Å². The Labute approximate surface area is 115 Å². The molecule has 2 rings (SSSR count). The molecule has 0 saturated carbocycles. The van der Waals surface area contributed by atoms with Gasteiger partial charge in [0.2, 0.25) is 0 Å². The van der Waals surface area contributed by atoms with E-state index < -0.39 is 4.92 Å². The van der Waals surface area contributed by atoms with E-state index in [4.69, 9.17) is 4.74 Å². The van der Waals surface area contributed by atoms with Gasteiger partial charge in [0, 0.05) is 6.07 Å². The Bertz CT molecular complexity index is 609. The summed E-state index contributed by atoms with van der Waals surface area (Å²) in [5.74, 6) is 1.20. The number of nitro groups is 1. The molecule has 0 aliphatic heterocycles. The molecule has 1 aromatic carbocycles. The zero-order chi connectivity index (χ0) is 14.4. The van der Waals surface area contributed by atoms with Crippen LogP contribution >= 0.6 is 0 Å². The number of hydrogen-bond donors (Lipinski definition) is 1. The van der Waals surface area contributed by atoms with Crippen LogP contribution in [-0.2, 0) is 0 Å². The number of hydrogen-bond acceptors (Lipinski definition) is 6. The van der Waals surface area contributed by atoms with Crippen molar-refractivity contribution in [3.63, 3.8) is 0 Å². The Morgan fingerprint density at radius 3 is 2.60 bits per heavy atom. The topological polar surface area (TPSA) is 89.6 Å². The maximum atomic E-state index is 10.5. The molecule has 1 heterocycles. The Morgan fingerprint density at radius 1 is 1.30 bits per heavy atom. The van der Waals surface area contributed by atoms with E-state index in [2.05, 4.69) is 15.5 Å². The molecule has 2 aromatic rings. The third kappa shape index (κ3) is 3.52. The lowest BCUT2D eigenvalue weighted by atomic mass is 10.2. The Hall–Kier alpha value is -2.96. The normalized spacial score (nSPS) is 10.4. The van der Waals surface area contributed by atoms with Crippen LogP contribution in [0.1, 0.15) is 5.56 Å². The summed E-state index contributed by atoms with van der Waals surface area (Å²) in [6.07, 6.45) is 2.79. The van der Waals surface area contributed by atoms with Gasteiger partial charge in [-0.2, -0.15) is 5.10 Å². The number of rotatable bonds is 5. The molecule has 0 spiro atoms. The lowest BCUT2D eigenvalue weighted by molar-refractivity contribution is -0.385. The Kier molecular flexibility index (Phi) is 4.23. The number of benzene rings is 1. The van der Waals surface area contributed by atoms with Crippen molar-refractivity contribution >= 4 is 17.7 Å². The first-order chi connectivity index (χ1) is 9.69. The van der Waals surface area contributed by atoms with E-state index >= 15 is 0 Å². The number of hydrazone groups is 1. The fourth-order valence-electron chi connectivity index (χ4n) is 1.42. The number of nitrogens with zero attached hydrogens (tertiary/aromatic N) is 3. The van der Waals surface area contributed by atoms with Crippen molar-refractivity contribution < 1.29 is 9.66 Å². The summed E-state index contributed by atoms with van der Waals surface area (Å²) in [6, 6.07) is 10.2. The molecule has 102 valence electrons. The number of methoxy groups -OCH3 is 1. The van der Waals surface area contributed by atoms with Crippen molar-refractivity contribution in [2.75, 3.05) is 12.5 Å². The highest BCUT2D eigenvalue weighted by molar-refractivity contribution is 5.80. The molecule has 0 amide bonds. The number of nitrogens with one attached hydrogen (secondary N) is 1. The van der Waals surface area contributed by atoms with Gasteiger partial charge in [0.05, 0.1) is 18.2 Å². The van der Waals surface area contributed by atoms with E-state index in [-0.39, 0.29) is 5.69 Å². The van der Waals surface area contributed by atoms with Gasteiger partial charge in [0.15, 0.2) is 0 Å². The van der Waals surface area contributed by atoms with Crippen LogP contribution in [0.4, 0.5) is 11.5 Å². The molecule has 0 bridgehead atoms. The summed E-state index contributed by atoms with van der Waals surface area (Å²) in [6.45, 7) is 0. The van der Waals surface area contributed by atoms with Gasteiger partial charge >= 0.3 is 0 Å². The number of pyridine rings is 1. The van der Waals surface area contributed by atoms with Crippen LogP contribution in [0, 0.1) is 10.1 Å². The van der Waals surface area contributed by atoms with E-state index in [1.54, 1.807) is 13.3 Å². The third-order valence-electron chi connectivity index (χ3n) is 2.47. The molecule has 0 radical (unpaired) electrons. The molecule has 0 aliphatic carbocycles. The summed E-state index contributed by atoms with van der Waals surface area (Å²) in [5, 5.41) is 14.5. The molecular weight excluding hydrogens is 260 g/mol. The molecule has 0 fully saturated rings. The van der Waals surface area contributed by atoms with Gasteiger partial charge in [-0.1, -0.05) is 0 Å². The lowest BCUT2D eigenvalue weighted by Gasteiger charge is -2.00. The SMILES string of the molecule is COc1ccc(/C=N\Nc2ccc([N+](=O)[O-])cn2)cc1. The molecule has 0 aliphatic rings. The van der Waals surface area contributed by atoms with Gasteiger partial charge in [0.25, 0.3) is 5.69 Å². The van der Waals surface area contributed by atoms with Gasteiger partial charge in [-0.05, 0) is 35.9 Å². The standard InChI is InChI=1S/C13H12N4O3/c1-20-12-5-2-10(3-6-12)8-15-16-13-7-4-11(9-14-13)17(18)19/h2-9H,1H3,(H,14,16)/b15-8-. The second kappa shape index (κ2) is 6.28. The fourth-order valence-corrected chi connectivity index (χ4v) is 1.42. The van der Waals surface area contributed by atoms with Crippen molar-refractivity contribution in [1.82, 2.24) is 4.98 Å². The van der Waals surface area contributed by atoms with Crippen LogP contribution in [0.15, 0.2) is 47.7 Å². The van der Waals surface area contributed by atoms with E-state index in [9.17, 15) is 10.1 Å². The second-order valence-corrected chi connectivity index (χ2v) is 3.80. The summed E-state index contributed by atoms with van der Waals surface area (Å²) in [4.78, 5) is 13.8. The molecule has 0 atom stereocenters. The van der Waals surface area contributed by atoms with E-state index in [1.165, 1.54) is 18.3 Å². The average Bonchev–Trinajstić information content (AvgIpc) is 2.48. The van der Waals surface area contributed by atoms with Gasteiger partial charge in [-0.3, -0.25) is 15.5 Å². The molecule has 20 heavy (non-hydrogen) atoms. The van der Waals surface area contributed by atoms with Crippen LogP contribution < -0.4 is 10.2 Å². The summed E-state index contributed by atoms with van der Waals surface area (Å²) < 4.78 is 5.05. The predicted molar refractivity (Wildman–Crippen MR) is 75.1 cm³/mol. The van der Waals surface area contributed by atoms with Crippen molar-refractivity contribution in [1.29, 1.82) is 0 Å². The average molecular weight is 272 g/mol. The quantitative estimate of drug-likeness (QED) is 0.513. The zero-order valence-electron chi connectivity index (χ0n) is 10.7. The molecular formula is C13H12N4O3. The first-order valence-corrected chi connectivity index (χ1v) is 5.72. The smallest absolute Gasteiger partial charge is 0.287 e. The maximum absolute atomic E-state index is 10.5. The second-order valence-electron chi connectivity index (χ2n) is 3.80. The molecule has 7 nitrogen and oxygen atoms in total.